The Labute approximate surface area is 232 Å². The minimum Gasteiger partial charge on any atom is -0.467 e. The monoisotopic (exact) mass is 551 g/mol. The Balaban J connectivity index is 0.000000500. The second-order valence-corrected chi connectivity index (χ2v) is 11.4. The zero-order chi connectivity index (χ0) is 27.4. The number of likely N-dealkylation sites (tertiary alicyclic amines) is 1. The molecule has 7 rings (SSSR count). The number of anilines is 2. The summed E-state index contributed by atoms with van der Waals surface area (Å²) >= 11 is 6.82. The number of nitrogen functional groups attached to an aromatic ring is 1. The number of aryl methyl sites for hydroxylation is 1. The standard InChI is InChI=1S/C25H26ClFN6O.C4H9N/c1-12-20(16-8-13(28)4-7-19(16)32(12)2)21-18(26)9-17-23(22(21)27)30-25(34-3)31-24(17)33-10-14-5-6-15(11-33)29-14;1-5-3-2-4-5/h4,7-9,14-15,29H,5-6,10-11,28H2,1-3H3;2-4H2,1H3. The van der Waals surface area contributed by atoms with E-state index in [2.05, 4.69) is 32.1 Å². The van der Waals surface area contributed by atoms with Gasteiger partial charge in [-0.25, -0.2) is 4.39 Å². The summed E-state index contributed by atoms with van der Waals surface area (Å²) in [7, 11) is 5.59. The van der Waals surface area contributed by atoms with Crippen LogP contribution in [0.15, 0.2) is 24.3 Å². The molecule has 3 saturated heterocycles. The van der Waals surface area contributed by atoms with Crippen molar-refractivity contribution in [1.82, 2.24) is 24.8 Å². The van der Waals surface area contributed by atoms with Crippen molar-refractivity contribution in [3.05, 3.63) is 40.8 Å². The fourth-order valence-corrected chi connectivity index (χ4v) is 6.36. The first-order valence-electron chi connectivity index (χ1n) is 13.5. The molecule has 5 heterocycles. The average molecular weight is 552 g/mol. The van der Waals surface area contributed by atoms with Crippen LogP contribution in [0.2, 0.25) is 5.02 Å². The summed E-state index contributed by atoms with van der Waals surface area (Å²) in [4.78, 5) is 13.6. The van der Waals surface area contributed by atoms with E-state index in [1.54, 1.807) is 6.07 Å². The predicted octanol–water partition coefficient (Wildman–Crippen LogP) is 4.74. The number of methoxy groups -OCH3 is 1. The van der Waals surface area contributed by atoms with E-state index in [4.69, 9.17) is 22.1 Å². The number of rotatable bonds is 3. The van der Waals surface area contributed by atoms with E-state index in [-0.39, 0.29) is 11.5 Å². The van der Waals surface area contributed by atoms with Crippen LogP contribution in [0.3, 0.4) is 0 Å². The van der Waals surface area contributed by atoms with Crippen LogP contribution in [0.4, 0.5) is 15.9 Å². The maximum absolute atomic E-state index is 16.4. The highest BCUT2D eigenvalue weighted by atomic mass is 35.5. The molecule has 39 heavy (non-hydrogen) atoms. The lowest BCUT2D eigenvalue weighted by atomic mass is 9.99. The Bertz CT molecular complexity index is 1560. The molecule has 3 aliphatic rings. The smallest absolute Gasteiger partial charge is 0.318 e. The normalized spacial score (nSPS) is 20.7. The zero-order valence-electron chi connectivity index (χ0n) is 22.9. The number of benzene rings is 2. The molecule has 2 aromatic heterocycles. The molecule has 0 spiro atoms. The largest absolute Gasteiger partial charge is 0.467 e. The third-order valence-electron chi connectivity index (χ3n) is 8.39. The van der Waals surface area contributed by atoms with Gasteiger partial charge in [0.15, 0.2) is 5.82 Å². The molecular formula is C29H35ClFN7O. The number of aromatic nitrogens is 3. The number of hydrogen-bond acceptors (Lipinski definition) is 7. The Hall–Kier alpha value is -3.14. The maximum atomic E-state index is 16.4. The molecule has 3 N–H and O–H groups in total. The molecule has 4 aromatic rings. The van der Waals surface area contributed by atoms with E-state index >= 15 is 4.39 Å². The average Bonchev–Trinajstić information content (AvgIpc) is 3.37. The van der Waals surface area contributed by atoms with Gasteiger partial charge in [-0.2, -0.15) is 9.97 Å². The molecule has 2 bridgehead atoms. The van der Waals surface area contributed by atoms with E-state index in [0.29, 0.717) is 45.1 Å². The summed E-state index contributed by atoms with van der Waals surface area (Å²) in [6.07, 6.45) is 3.67. The van der Waals surface area contributed by atoms with Gasteiger partial charge in [0.05, 0.1) is 12.1 Å². The summed E-state index contributed by atoms with van der Waals surface area (Å²) in [5.41, 5.74) is 9.76. The number of ether oxygens (including phenoxy) is 1. The van der Waals surface area contributed by atoms with Gasteiger partial charge in [0.1, 0.15) is 11.3 Å². The highest BCUT2D eigenvalue weighted by Gasteiger charge is 2.34. The van der Waals surface area contributed by atoms with Gasteiger partial charge < -0.3 is 30.2 Å². The van der Waals surface area contributed by atoms with Crippen molar-refractivity contribution in [2.45, 2.75) is 38.3 Å². The lowest BCUT2D eigenvalue weighted by Gasteiger charge is -2.34. The van der Waals surface area contributed by atoms with Gasteiger partial charge in [0.25, 0.3) is 0 Å². The van der Waals surface area contributed by atoms with Gasteiger partial charge in [-0.1, -0.05) is 11.6 Å². The van der Waals surface area contributed by atoms with E-state index < -0.39 is 5.82 Å². The van der Waals surface area contributed by atoms with E-state index in [0.717, 1.165) is 42.5 Å². The molecular weight excluding hydrogens is 517 g/mol. The molecule has 8 nitrogen and oxygen atoms in total. The minimum atomic E-state index is -0.486. The van der Waals surface area contributed by atoms with Gasteiger partial charge >= 0.3 is 6.01 Å². The van der Waals surface area contributed by atoms with Gasteiger partial charge in [-0.05, 0) is 70.6 Å². The van der Waals surface area contributed by atoms with Crippen molar-refractivity contribution in [2.24, 2.45) is 7.05 Å². The minimum absolute atomic E-state index is 0.138. The number of nitrogens with two attached hydrogens (primary N) is 1. The SMILES string of the molecule is CN1CCC1.COc1nc(N2CC3CCC(C2)N3)c2cc(Cl)c(-c3c(C)n(C)c4ccc(N)cc34)c(F)c2n1. The van der Waals surface area contributed by atoms with Gasteiger partial charge in [-0.15, -0.1) is 0 Å². The molecule has 0 radical (unpaired) electrons. The van der Waals surface area contributed by atoms with Crippen molar-refractivity contribution in [3.63, 3.8) is 0 Å². The highest BCUT2D eigenvalue weighted by Crippen LogP contribution is 2.44. The Kier molecular flexibility index (Phi) is 6.77. The van der Waals surface area contributed by atoms with Crippen LogP contribution in [0.25, 0.3) is 32.9 Å². The third-order valence-corrected chi connectivity index (χ3v) is 8.68. The molecule has 2 unspecified atom stereocenters. The number of nitrogens with one attached hydrogen (secondary N) is 1. The Morgan fingerprint density at radius 1 is 1.05 bits per heavy atom. The molecule has 2 atom stereocenters. The highest BCUT2D eigenvalue weighted by molar-refractivity contribution is 6.35. The van der Waals surface area contributed by atoms with Crippen LogP contribution in [0, 0.1) is 12.7 Å². The van der Waals surface area contributed by atoms with Crippen LogP contribution >= 0.6 is 11.6 Å². The van der Waals surface area contributed by atoms with Gasteiger partial charge in [-0.3, -0.25) is 0 Å². The first-order chi connectivity index (χ1) is 18.7. The maximum Gasteiger partial charge on any atom is 0.318 e. The van der Waals surface area contributed by atoms with Crippen LogP contribution in [-0.2, 0) is 7.05 Å². The van der Waals surface area contributed by atoms with Crippen LogP contribution in [0.5, 0.6) is 6.01 Å². The zero-order valence-corrected chi connectivity index (χ0v) is 23.6. The summed E-state index contributed by atoms with van der Waals surface area (Å²) in [5.74, 6) is 0.173. The summed E-state index contributed by atoms with van der Waals surface area (Å²) in [6.45, 7) is 6.19. The second-order valence-electron chi connectivity index (χ2n) is 11.0. The Morgan fingerprint density at radius 3 is 2.36 bits per heavy atom. The topological polar surface area (TPSA) is 84.5 Å². The van der Waals surface area contributed by atoms with Crippen LogP contribution in [0.1, 0.15) is 25.0 Å². The first-order valence-corrected chi connectivity index (χ1v) is 13.9. The van der Waals surface area contributed by atoms with Gasteiger partial charge in [0.2, 0.25) is 0 Å². The number of halogens is 2. The van der Waals surface area contributed by atoms with Crippen molar-refractivity contribution in [1.29, 1.82) is 0 Å². The van der Waals surface area contributed by atoms with Crippen molar-refractivity contribution in [3.8, 4) is 17.1 Å². The number of piperazine rings is 1. The molecule has 0 amide bonds. The molecule has 3 fully saturated rings. The van der Waals surface area contributed by atoms with Crippen molar-refractivity contribution in [2.75, 3.05) is 51.0 Å². The number of nitrogens with zero attached hydrogens (tertiary/aromatic N) is 5. The number of fused-ring (bicyclic) bond motifs is 4. The quantitative estimate of drug-likeness (QED) is 0.356. The van der Waals surface area contributed by atoms with E-state index in [1.807, 2.05) is 36.7 Å². The molecule has 0 aliphatic carbocycles. The number of hydrogen-bond donors (Lipinski definition) is 2. The fraction of sp³-hybridized carbons (Fsp3) is 0.448. The Morgan fingerprint density at radius 2 is 1.74 bits per heavy atom. The molecule has 206 valence electrons. The van der Waals surface area contributed by atoms with Crippen LogP contribution in [-0.4, -0.2) is 71.9 Å². The first kappa shape index (κ1) is 26.1. The summed E-state index contributed by atoms with van der Waals surface area (Å²) < 4.78 is 23.8. The summed E-state index contributed by atoms with van der Waals surface area (Å²) in [5, 5.41) is 5.37. The summed E-state index contributed by atoms with van der Waals surface area (Å²) in [6, 6.07) is 8.37. The molecule has 0 saturated carbocycles. The lowest BCUT2D eigenvalue weighted by Crippen LogP contribution is -2.51. The fourth-order valence-electron chi connectivity index (χ4n) is 6.07. The molecule has 10 heteroatoms. The van der Waals surface area contributed by atoms with E-state index in [9.17, 15) is 0 Å². The molecule has 2 aromatic carbocycles. The third kappa shape index (κ3) is 4.56. The van der Waals surface area contributed by atoms with Crippen molar-refractivity contribution >= 4 is 44.9 Å². The van der Waals surface area contributed by atoms with Crippen LogP contribution < -0.4 is 20.7 Å². The lowest BCUT2D eigenvalue weighted by molar-refractivity contribution is 0.229. The van der Waals surface area contributed by atoms with Gasteiger partial charge in [0, 0.05) is 71.0 Å². The van der Waals surface area contributed by atoms with Crippen molar-refractivity contribution < 1.29 is 9.13 Å². The molecule has 3 aliphatic heterocycles. The van der Waals surface area contributed by atoms with E-state index in [1.165, 1.54) is 26.6 Å². The predicted molar refractivity (Wildman–Crippen MR) is 156 cm³/mol. The second kappa shape index (κ2) is 10.1.